The summed E-state index contributed by atoms with van der Waals surface area (Å²) in [4.78, 5) is 11.7. The van der Waals surface area contributed by atoms with Gasteiger partial charge in [0.05, 0.1) is 24.7 Å². The Balaban J connectivity index is 2.35. The minimum Gasteiger partial charge on any atom is -0.461 e. The fourth-order valence-electron chi connectivity index (χ4n) is 1.78. The number of hydrogen-bond acceptors (Lipinski definition) is 4. The van der Waals surface area contributed by atoms with Crippen molar-refractivity contribution in [2.75, 3.05) is 6.61 Å². The van der Waals surface area contributed by atoms with Crippen molar-refractivity contribution >= 4 is 29.2 Å². The Morgan fingerprint density at radius 1 is 1.48 bits per heavy atom. The summed E-state index contributed by atoms with van der Waals surface area (Å²) in [6, 6.07) is 4.38. The third-order valence-electron chi connectivity index (χ3n) is 2.80. The summed E-state index contributed by atoms with van der Waals surface area (Å²) in [7, 11) is 0. The van der Waals surface area contributed by atoms with Crippen molar-refractivity contribution < 1.29 is 13.9 Å². The van der Waals surface area contributed by atoms with Crippen LogP contribution in [0.2, 0.25) is 5.02 Å². The standard InChI is InChI=1S/C13H12Cl2FN3O2/c1-2-21-13(20)12-11(6-14)19(18-17-12)7-8-9(15)4-3-5-10(8)16/h3-5H,2,6-7H2,1H3. The number of esters is 1. The maximum Gasteiger partial charge on any atom is 0.360 e. The monoisotopic (exact) mass is 331 g/mol. The zero-order valence-electron chi connectivity index (χ0n) is 11.1. The first-order valence-electron chi connectivity index (χ1n) is 6.16. The molecular weight excluding hydrogens is 320 g/mol. The van der Waals surface area contributed by atoms with Gasteiger partial charge in [-0.1, -0.05) is 22.9 Å². The van der Waals surface area contributed by atoms with Gasteiger partial charge >= 0.3 is 5.97 Å². The number of carbonyl (C=O) groups is 1. The minimum atomic E-state index is -0.612. The summed E-state index contributed by atoms with van der Waals surface area (Å²) in [6.07, 6.45) is 0. The zero-order chi connectivity index (χ0) is 15.4. The van der Waals surface area contributed by atoms with E-state index in [0.29, 0.717) is 5.69 Å². The summed E-state index contributed by atoms with van der Waals surface area (Å²) in [6.45, 7) is 1.92. The van der Waals surface area contributed by atoms with Gasteiger partial charge in [-0.3, -0.25) is 0 Å². The molecule has 0 N–H and O–H groups in total. The smallest absolute Gasteiger partial charge is 0.360 e. The van der Waals surface area contributed by atoms with Crippen LogP contribution in [-0.2, 0) is 17.2 Å². The average molecular weight is 332 g/mol. The fourth-order valence-corrected chi connectivity index (χ4v) is 2.27. The van der Waals surface area contributed by atoms with Gasteiger partial charge in [-0.2, -0.15) is 0 Å². The second kappa shape index (κ2) is 6.87. The van der Waals surface area contributed by atoms with Crippen molar-refractivity contribution in [2.24, 2.45) is 0 Å². The molecular formula is C13H12Cl2FN3O2. The van der Waals surface area contributed by atoms with Gasteiger partial charge in [0, 0.05) is 10.6 Å². The lowest BCUT2D eigenvalue weighted by Gasteiger charge is -2.08. The van der Waals surface area contributed by atoms with E-state index in [2.05, 4.69) is 10.3 Å². The third-order valence-corrected chi connectivity index (χ3v) is 3.41. The Morgan fingerprint density at radius 2 is 2.24 bits per heavy atom. The topological polar surface area (TPSA) is 57.0 Å². The molecule has 112 valence electrons. The highest BCUT2D eigenvalue weighted by Gasteiger charge is 2.21. The van der Waals surface area contributed by atoms with Crippen molar-refractivity contribution in [3.05, 3.63) is 46.0 Å². The van der Waals surface area contributed by atoms with E-state index in [1.54, 1.807) is 13.0 Å². The summed E-state index contributed by atoms with van der Waals surface area (Å²) in [5.41, 5.74) is 0.639. The molecule has 0 saturated carbocycles. The quantitative estimate of drug-likeness (QED) is 0.624. The molecule has 1 heterocycles. The maximum atomic E-state index is 13.8. The van der Waals surface area contributed by atoms with Crippen molar-refractivity contribution in [3.63, 3.8) is 0 Å². The SMILES string of the molecule is CCOC(=O)c1nnn(Cc2c(F)cccc2Cl)c1CCl. The van der Waals surface area contributed by atoms with Gasteiger partial charge in [-0.15, -0.1) is 16.7 Å². The highest BCUT2D eigenvalue weighted by atomic mass is 35.5. The number of alkyl halides is 1. The van der Waals surface area contributed by atoms with Crippen molar-refractivity contribution in [2.45, 2.75) is 19.3 Å². The molecule has 2 rings (SSSR count). The lowest BCUT2D eigenvalue weighted by atomic mass is 10.2. The summed E-state index contributed by atoms with van der Waals surface area (Å²) in [5, 5.41) is 7.84. The number of halogens is 3. The molecule has 5 nitrogen and oxygen atoms in total. The van der Waals surface area contributed by atoms with E-state index < -0.39 is 11.8 Å². The largest absolute Gasteiger partial charge is 0.461 e. The van der Waals surface area contributed by atoms with Crippen LogP contribution in [0.15, 0.2) is 18.2 Å². The predicted octanol–water partition coefficient (Wildman–Crippen LogP) is 3.03. The molecule has 0 bridgehead atoms. The number of nitrogens with zero attached hydrogens (tertiary/aromatic N) is 3. The average Bonchev–Trinajstić information content (AvgIpc) is 2.86. The zero-order valence-corrected chi connectivity index (χ0v) is 12.7. The molecule has 0 aliphatic heterocycles. The van der Waals surface area contributed by atoms with Gasteiger partial charge in [-0.05, 0) is 19.1 Å². The van der Waals surface area contributed by atoms with E-state index in [0.717, 1.165) is 0 Å². The van der Waals surface area contributed by atoms with E-state index in [-0.39, 0.29) is 35.3 Å². The van der Waals surface area contributed by atoms with Gasteiger partial charge in [0.2, 0.25) is 0 Å². The van der Waals surface area contributed by atoms with Gasteiger partial charge in [0.15, 0.2) is 5.69 Å². The number of ether oxygens (including phenoxy) is 1. The molecule has 21 heavy (non-hydrogen) atoms. The second-order valence-electron chi connectivity index (χ2n) is 4.10. The highest BCUT2D eigenvalue weighted by molar-refractivity contribution is 6.31. The molecule has 2 aromatic rings. The van der Waals surface area contributed by atoms with Crippen molar-refractivity contribution in [1.29, 1.82) is 0 Å². The number of aromatic nitrogens is 3. The highest BCUT2D eigenvalue weighted by Crippen LogP contribution is 2.21. The van der Waals surface area contributed by atoms with Crippen LogP contribution in [-0.4, -0.2) is 27.6 Å². The van der Waals surface area contributed by atoms with Crippen LogP contribution in [0, 0.1) is 5.82 Å². The number of rotatable bonds is 5. The van der Waals surface area contributed by atoms with E-state index in [4.69, 9.17) is 27.9 Å². The Kier molecular flexibility index (Phi) is 5.14. The van der Waals surface area contributed by atoms with Crippen LogP contribution < -0.4 is 0 Å². The normalized spacial score (nSPS) is 10.7. The van der Waals surface area contributed by atoms with Gasteiger partial charge in [0.1, 0.15) is 5.82 Å². The maximum absolute atomic E-state index is 13.8. The summed E-state index contributed by atoms with van der Waals surface area (Å²) in [5.74, 6) is -1.08. The number of carbonyl (C=O) groups excluding carboxylic acids is 1. The second-order valence-corrected chi connectivity index (χ2v) is 4.77. The number of benzene rings is 1. The van der Waals surface area contributed by atoms with Crippen LogP contribution in [0.1, 0.15) is 28.7 Å². The molecule has 0 spiro atoms. The molecule has 0 unspecified atom stereocenters. The molecule has 0 aliphatic carbocycles. The van der Waals surface area contributed by atoms with E-state index >= 15 is 0 Å². The van der Waals surface area contributed by atoms with Crippen LogP contribution in [0.5, 0.6) is 0 Å². The van der Waals surface area contributed by atoms with Gasteiger partial charge < -0.3 is 4.74 Å². The first-order valence-corrected chi connectivity index (χ1v) is 7.08. The summed E-state index contributed by atoms with van der Waals surface area (Å²) >= 11 is 11.8. The third kappa shape index (κ3) is 3.33. The molecule has 0 aliphatic rings. The Morgan fingerprint density at radius 3 is 2.86 bits per heavy atom. The van der Waals surface area contributed by atoms with Gasteiger partial charge in [-0.25, -0.2) is 13.9 Å². The fraction of sp³-hybridized carbons (Fsp3) is 0.308. The molecule has 1 aromatic heterocycles. The number of hydrogen-bond donors (Lipinski definition) is 0. The predicted molar refractivity (Wildman–Crippen MR) is 76.0 cm³/mol. The molecule has 0 radical (unpaired) electrons. The van der Waals surface area contributed by atoms with Crippen LogP contribution >= 0.6 is 23.2 Å². The minimum absolute atomic E-state index is 0.00673. The van der Waals surface area contributed by atoms with Crippen molar-refractivity contribution in [1.82, 2.24) is 15.0 Å². The molecule has 0 saturated heterocycles. The molecule has 0 atom stereocenters. The van der Waals surface area contributed by atoms with Crippen molar-refractivity contribution in [3.8, 4) is 0 Å². The molecule has 0 fully saturated rings. The molecule has 1 aromatic carbocycles. The van der Waals surface area contributed by atoms with Crippen LogP contribution in [0.4, 0.5) is 4.39 Å². The Hall–Kier alpha value is -1.66. The Labute approximate surface area is 130 Å². The molecule has 0 amide bonds. The van der Waals surface area contributed by atoms with E-state index in [1.165, 1.54) is 16.8 Å². The Bertz CT molecular complexity index is 641. The summed E-state index contributed by atoms with van der Waals surface area (Å²) < 4.78 is 20.0. The first kappa shape index (κ1) is 15.7. The van der Waals surface area contributed by atoms with Crippen LogP contribution in [0.3, 0.4) is 0 Å². The van der Waals surface area contributed by atoms with E-state index in [9.17, 15) is 9.18 Å². The lowest BCUT2D eigenvalue weighted by molar-refractivity contribution is 0.0518. The first-order chi connectivity index (χ1) is 10.1. The van der Waals surface area contributed by atoms with E-state index in [1.807, 2.05) is 0 Å². The lowest BCUT2D eigenvalue weighted by Crippen LogP contribution is -2.11. The van der Waals surface area contributed by atoms with Crippen LogP contribution in [0.25, 0.3) is 0 Å². The van der Waals surface area contributed by atoms with Gasteiger partial charge in [0.25, 0.3) is 0 Å². The molecule has 8 heteroatoms.